The van der Waals surface area contributed by atoms with Gasteiger partial charge in [-0.3, -0.25) is 19.7 Å². The standard InChI is InChI=1S/C23H21ClN4O4/c1-2-12-25-23(30)18-10-9-17(14-19(18)24)27-22(29)15-8-11-20(21(13-15)28(31)32)26-16-6-4-3-5-7-16/h3-11,13-14,26H,2,12H2,1H3,(H,25,30)(H,27,29). The first-order valence-electron chi connectivity index (χ1n) is 9.88. The van der Waals surface area contributed by atoms with Gasteiger partial charge in [0, 0.05) is 29.5 Å². The Labute approximate surface area is 189 Å². The minimum Gasteiger partial charge on any atom is -0.352 e. The molecule has 3 rings (SSSR count). The van der Waals surface area contributed by atoms with Crippen LogP contribution >= 0.6 is 11.6 Å². The highest BCUT2D eigenvalue weighted by molar-refractivity contribution is 6.34. The third-order valence-corrected chi connectivity index (χ3v) is 4.83. The number of hydrogen-bond acceptors (Lipinski definition) is 5. The lowest BCUT2D eigenvalue weighted by Crippen LogP contribution is -2.24. The molecule has 0 aliphatic rings. The molecule has 0 fully saturated rings. The van der Waals surface area contributed by atoms with Gasteiger partial charge in [0.1, 0.15) is 5.69 Å². The molecule has 0 saturated carbocycles. The number of carbonyl (C=O) groups excluding carboxylic acids is 2. The Bertz CT molecular complexity index is 1150. The molecule has 3 N–H and O–H groups in total. The number of nitrogens with one attached hydrogen (secondary N) is 3. The number of nitro benzene ring substituents is 1. The van der Waals surface area contributed by atoms with Gasteiger partial charge in [0.05, 0.1) is 15.5 Å². The van der Waals surface area contributed by atoms with Crippen LogP contribution in [0.3, 0.4) is 0 Å². The molecule has 0 heterocycles. The fourth-order valence-corrected chi connectivity index (χ4v) is 3.19. The molecule has 164 valence electrons. The Hall–Kier alpha value is -3.91. The fourth-order valence-electron chi connectivity index (χ4n) is 2.92. The maximum absolute atomic E-state index is 12.7. The van der Waals surface area contributed by atoms with E-state index in [1.807, 2.05) is 13.0 Å². The third kappa shape index (κ3) is 5.61. The summed E-state index contributed by atoms with van der Waals surface area (Å²) in [5.41, 5.74) is 1.48. The molecule has 9 heteroatoms. The number of nitro groups is 1. The second-order valence-electron chi connectivity index (χ2n) is 6.88. The molecule has 3 aromatic carbocycles. The Morgan fingerprint density at radius 1 is 0.969 bits per heavy atom. The Kier molecular flexibility index (Phi) is 7.41. The number of halogens is 1. The van der Waals surface area contributed by atoms with Crippen LogP contribution in [-0.4, -0.2) is 23.3 Å². The number of anilines is 3. The molecular weight excluding hydrogens is 432 g/mol. The van der Waals surface area contributed by atoms with Crippen molar-refractivity contribution in [3.63, 3.8) is 0 Å². The zero-order valence-electron chi connectivity index (χ0n) is 17.2. The average molecular weight is 453 g/mol. The normalized spacial score (nSPS) is 10.3. The van der Waals surface area contributed by atoms with Crippen molar-refractivity contribution in [1.82, 2.24) is 5.32 Å². The predicted molar refractivity (Wildman–Crippen MR) is 125 cm³/mol. The average Bonchev–Trinajstić information content (AvgIpc) is 2.78. The van der Waals surface area contributed by atoms with Crippen LogP contribution in [0.4, 0.5) is 22.7 Å². The highest BCUT2D eigenvalue weighted by Crippen LogP contribution is 2.29. The van der Waals surface area contributed by atoms with Gasteiger partial charge in [-0.2, -0.15) is 0 Å². The van der Waals surface area contributed by atoms with E-state index in [9.17, 15) is 19.7 Å². The molecule has 0 aliphatic heterocycles. The number of nitrogens with zero attached hydrogens (tertiary/aromatic N) is 1. The second kappa shape index (κ2) is 10.4. The van der Waals surface area contributed by atoms with Gasteiger partial charge in [0.25, 0.3) is 17.5 Å². The van der Waals surface area contributed by atoms with Crippen LogP contribution in [0, 0.1) is 10.1 Å². The van der Waals surface area contributed by atoms with Crippen molar-refractivity contribution >= 4 is 46.2 Å². The maximum atomic E-state index is 12.7. The first kappa shape index (κ1) is 22.8. The minimum atomic E-state index is -0.553. The number of hydrogen-bond donors (Lipinski definition) is 3. The molecule has 0 unspecified atom stereocenters. The summed E-state index contributed by atoms with van der Waals surface area (Å²) in [4.78, 5) is 35.7. The fraction of sp³-hybridized carbons (Fsp3) is 0.130. The first-order chi connectivity index (χ1) is 15.4. The molecule has 0 bridgehead atoms. The first-order valence-corrected chi connectivity index (χ1v) is 10.3. The summed E-state index contributed by atoms with van der Waals surface area (Å²) < 4.78 is 0. The Morgan fingerprint density at radius 2 is 1.72 bits per heavy atom. The van der Waals surface area contributed by atoms with Crippen LogP contribution in [0.1, 0.15) is 34.1 Å². The number of para-hydroxylation sites is 1. The zero-order chi connectivity index (χ0) is 23.1. The van der Waals surface area contributed by atoms with Gasteiger partial charge in [0.15, 0.2) is 0 Å². The van der Waals surface area contributed by atoms with E-state index in [0.29, 0.717) is 23.5 Å². The van der Waals surface area contributed by atoms with Crippen molar-refractivity contribution in [1.29, 1.82) is 0 Å². The highest BCUT2D eigenvalue weighted by Gasteiger charge is 2.18. The van der Waals surface area contributed by atoms with E-state index in [-0.39, 0.29) is 27.9 Å². The van der Waals surface area contributed by atoms with Gasteiger partial charge < -0.3 is 16.0 Å². The van der Waals surface area contributed by atoms with E-state index in [1.54, 1.807) is 30.3 Å². The van der Waals surface area contributed by atoms with Crippen molar-refractivity contribution in [3.05, 3.63) is 93.0 Å². The van der Waals surface area contributed by atoms with Crippen LogP contribution in [-0.2, 0) is 0 Å². The molecule has 0 aromatic heterocycles. The van der Waals surface area contributed by atoms with E-state index < -0.39 is 10.8 Å². The minimum absolute atomic E-state index is 0.108. The van der Waals surface area contributed by atoms with Crippen molar-refractivity contribution in [3.8, 4) is 0 Å². The van der Waals surface area contributed by atoms with E-state index in [0.717, 1.165) is 6.42 Å². The third-order valence-electron chi connectivity index (χ3n) is 4.52. The van der Waals surface area contributed by atoms with E-state index in [1.165, 1.54) is 30.3 Å². The Balaban J connectivity index is 1.77. The van der Waals surface area contributed by atoms with Gasteiger partial charge >= 0.3 is 0 Å². The molecule has 0 aliphatic carbocycles. The second-order valence-corrected chi connectivity index (χ2v) is 7.29. The number of benzene rings is 3. The van der Waals surface area contributed by atoms with Gasteiger partial charge in [-0.15, -0.1) is 0 Å². The largest absolute Gasteiger partial charge is 0.352 e. The smallest absolute Gasteiger partial charge is 0.293 e. The molecule has 0 saturated heterocycles. The molecule has 0 radical (unpaired) electrons. The van der Waals surface area contributed by atoms with E-state index >= 15 is 0 Å². The van der Waals surface area contributed by atoms with E-state index in [2.05, 4.69) is 16.0 Å². The SMILES string of the molecule is CCCNC(=O)c1ccc(NC(=O)c2ccc(Nc3ccccc3)c([N+](=O)[O-])c2)cc1Cl. The van der Waals surface area contributed by atoms with Gasteiger partial charge in [-0.25, -0.2) is 0 Å². The van der Waals surface area contributed by atoms with Gasteiger partial charge in [-0.05, 0) is 48.9 Å². The molecule has 3 aromatic rings. The zero-order valence-corrected chi connectivity index (χ0v) is 18.0. The number of rotatable bonds is 8. The molecule has 0 spiro atoms. The summed E-state index contributed by atoms with van der Waals surface area (Å²) in [5, 5.41) is 20.1. The van der Waals surface area contributed by atoms with Crippen molar-refractivity contribution < 1.29 is 14.5 Å². The van der Waals surface area contributed by atoms with Crippen molar-refractivity contribution in [2.45, 2.75) is 13.3 Å². The Morgan fingerprint density at radius 3 is 2.38 bits per heavy atom. The molecule has 2 amide bonds. The molecule has 32 heavy (non-hydrogen) atoms. The van der Waals surface area contributed by atoms with Crippen LogP contribution < -0.4 is 16.0 Å². The maximum Gasteiger partial charge on any atom is 0.293 e. The summed E-state index contributed by atoms with van der Waals surface area (Å²) in [6, 6.07) is 17.7. The van der Waals surface area contributed by atoms with Crippen molar-refractivity contribution in [2.75, 3.05) is 17.2 Å². The molecular formula is C23H21ClN4O4. The van der Waals surface area contributed by atoms with Crippen LogP contribution in [0.15, 0.2) is 66.7 Å². The number of amides is 2. The topological polar surface area (TPSA) is 113 Å². The highest BCUT2D eigenvalue weighted by atomic mass is 35.5. The monoisotopic (exact) mass is 452 g/mol. The summed E-state index contributed by atoms with van der Waals surface area (Å²) >= 11 is 6.19. The number of carbonyl (C=O) groups is 2. The quantitative estimate of drug-likeness (QED) is 0.313. The lowest BCUT2D eigenvalue weighted by atomic mass is 10.1. The summed E-state index contributed by atoms with van der Waals surface area (Å²) in [5.74, 6) is -0.842. The van der Waals surface area contributed by atoms with Crippen LogP contribution in [0.2, 0.25) is 5.02 Å². The van der Waals surface area contributed by atoms with Crippen molar-refractivity contribution in [2.24, 2.45) is 0 Å². The van der Waals surface area contributed by atoms with Crippen LogP contribution in [0.5, 0.6) is 0 Å². The van der Waals surface area contributed by atoms with Gasteiger partial charge in [0.2, 0.25) is 0 Å². The lowest BCUT2D eigenvalue weighted by Gasteiger charge is -2.11. The lowest BCUT2D eigenvalue weighted by molar-refractivity contribution is -0.383. The molecule has 0 atom stereocenters. The predicted octanol–water partition coefficient (Wildman–Crippen LogP) is 5.38. The summed E-state index contributed by atoms with van der Waals surface area (Å²) in [6.07, 6.45) is 0.795. The summed E-state index contributed by atoms with van der Waals surface area (Å²) in [6.45, 7) is 2.47. The van der Waals surface area contributed by atoms with Gasteiger partial charge in [-0.1, -0.05) is 36.7 Å². The molecule has 8 nitrogen and oxygen atoms in total. The van der Waals surface area contributed by atoms with E-state index in [4.69, 9.17) is 11.6 Å². The van der Waals surface area contributed by atoms with Crippen LogP contribution in [0.25, 0.3) is 0 Å². The summed E-state index contributed by atoms with van der Waals surface area (Å²) in [7, 11) is 0.